The minimum atomic E-state index is -0.518. The maximum Gasteiger partial charge on any atom is 0.138 e. The van der Waals surface area contributed by atoms with Crippen LogP contribution in [0.4, 0.5) is 0 Å². The van der Waals surface area contributed by atoms with E-state index < -0.39 is 6.10 Å². The molecule has 1 aromatic carbocycles. The molecular weight excluding hydrogens is 214 g/mol. The fourth-order valence-corrected chi connectivity index (χ4v) is 1.25. The van der Waals surface area contributed by atoms with Crippen LogP contribution < -0.4 is 4.74 Å². The summed E-state index contributed by atoms with van der Waals surface area (Å²) < 4.78 is 5.30. The van der Waals surface area contributed by atoms with Crippen molar-refractivity contribution < 1.29 is 9.84 Å². The fourth-order valence-electron chi connectivity index (χ4n) is 1.04. The summed E-state index contributed by atoms with van der Waals surface area (Å²) >= 11 is 5.81. The van der Waals surface area contributed by atoms with Crippen molar-refractivity contribution in [2.45, 2.75) is 19.4 Å². The van der Waals surface area contributed by atoms with Gasteiger partial charge in [-0.1, -0.05) is 24.6 Å². The maximum atomic E-state index is 9.31. The van der Waals surface area contributed by atoms with Gasteiger partial charge in [0.2, 0.25) is 0 Å². The molecule has 0 bridgehead atoms. The molecule has 0 aliphatic rings. The largest absolute Gasteiger partial charge is 0.489 e. The molecule has 1 aromatic rings. The van der Waals surface area contributed by atoms with Gasteiger partial charge >= 0.3 is 0 Å². The summed E-state index contributed by atoms with van der Waals surface area (Å²) in [7, 11) is 0. The second-order valence-electron chi connectivity index (χ2n) is 3.10. The van der Waals surface area contributed by atoms with Gasteiger partial charge in [0.15, 0.2) is 0 Å². The standard InChI is InChI=1S/C11H12ClNO2/c1-2-8(14)7-15-11-5-3-4-10(12)9(11)6-13/h3-5,8,14H,2,7H2,1H3. The van der Waals surface area contributed by atoms with Crippen LogP contribution in [0.25, 0.3) is 0 Å². The molecule has 0 aliphatic carbocycles. The van der Waals surface area contributed by atoms with Gasteiger partial charge in [0.05, 0.1) is 11.1 Å². The summed E-state index contributed by atoms with van der Waals surface area (Å²) in [6.07, 6.45) is 0.0955. The van der Waals surface area contributed by atoms with E-state index in [0.717, 1.165) is 0 Å². The van der Waals surface area contributed by atoms with Crippen molar-refractivity contribution in [2.24, 2.45) is 0 Å². The molecule has 0 radical (unpaired) electrons. The molecule has 3 nitrogen and oxygen atoms in total. The number of halogens is 1. The van der Waals surface area contributed by atoms with Gasteiger partial charge in [-0.15, -0.1) is 0 Å². The van der Waals surface area contributed by atoms with Crippen LogP contribution in [-0.2, 0) is 0 Å². The molecule has 0 fully saturated rings. The van der Waals surface area contributed by atoms with Crippen LogP contribution in [-0.4, -0.2) is 17.8 Å². The second-order valence-corrected chi connectivity index (χ2v) is 3.51. The van der Waals surface area contributed by atoms with E-state index in [-0.39, 0.29) is 6.61 Å². The number of benzene rings is 1. The lowest BCUT2D eigenvalue weighted by Crippen LogP contribution is -2.16. The number of rotatable bonds is 4. The third-order valence-corrected chi connectivity index (χ3v) is 2.30. The molecule has 80 valence electrons. The molecule has 4 heteroatoms. The smallest absolute Gasteiger partial charge is 0.138 e. The summed E-state index contributed by atoms with van der Waals surface area (Å²) in [4.78, 5) is 0. The van der Waals surface area contributed by atoms with Crippen molar-refractivity contribution >= 4 is 11.6 Å². The van der Waals surface area contributed by atoms with Crippen molar-refractivity contribution in [3.05, 3.63) is 28.8 Å². The lowest BCUT2D eigenvalue weighted by molar-refractivity contribution is 0.104. The Kier molecular flexibility index (Phi) is 4.41. The Morgan fingerprint density at radius 3 is 2.93 bits per heavy atom. The minimum Gasteiger partial charge on any atom is -0.489 e. The third kappa shape index (κ3) is 3.12. The molecule has 1 rings (SSSR count). The molecular formula is C11H12ClNO2. The molecule has 15 heavy (non-hydrogen) atoms. The highest BCUT2D eigenvalue weighted by atomic mass is 35.5. The molecule has 0 aliphatic heterocycles. The van der Waals surface area contributed by atoms with E-state index in [1.165, 1.54) is 0 Å². The van der Waals surface area contributed by atoms with E-state index in [2.05, 4.69) is 0 Å². The van der Waals surface area contributed by atoms with Gasteiger partial charge in [0.1, 0.15) is 24.0 Å². The summed E-state index contributed by atoms with van der Waals surface area (Å²) in [6, 6.07) is 6.96. The molecule has 0 saturated heterocycles. The molecule has 1 atom stereocenters. The van der Waals surface area contributed by atoms with E-state index in [4.69, 9.17) is 21.6 Å². The lowest BCUT2D eigenvalue weighted by atomic mass is 10.2. The number of hydrogen-bond acceptors (Lipinski definition) is 3. The quantitative estimate of drug-likeness (QED) is 0.856. The normalized spacial score (nSPS) is 11.9. The van der Waals surface area contributed by atoms with E-state index >= 15 is 0 Å². The summed E-state index contributed by atoms with van der Waals surface area (Å²) in [5.74, 6) is 0.414. The van der Waals surface area contributed by atoms with Gasteiger partial charge in [-0.05, 0) is 18.6 Å². The molecule has 1 unspecified atom stereocenters. The fraction of sp³-hybridized carbons (Fsp3) is 0.364. The van der Waals surface area contributed by atoms with Gasteiger partial charge < -0.3 is 9.84 Å². The predicted octanol–water partition coefficient (Wildman–Crippen LogP) is 2.36. The molecule has 0 heterocycles. The van der Waals surface area contributed by atoms with Crippen molar-refractivity contribution in [3.63, 3.8) is 0 Å². The molecule has 1 N–H and O–H groups in total. The van der Waals surface area contributed by atoms with E-state index in [9.17, 15) is 5.11 Å². The van der Waals surface area contributed by atoms with Crippen LogP contribution >= 0.6 is 11.6 Å². The first-order valence-corrected chi connectivity index (χ1v) is 5.06. The second kappa shape index (κ2) is 5.59. The zero-order chi connectivity index (χ0) is 11.3. The number of aliphatic hydroxyl groups excluding tert-OH is 1. The van der Waals surface area contributed by atoms with Crippen LogP contribution in [0.5, 0.6) is 5.75 Å². The summed E-state index contributed by atoms with van der Waals surface area (Å²) in [5.41, 5.74) is 0.308. The Bertz CT molecular complexity index is 373. The number of aliphatic hydroxyl groups is 1. The number of nitriles is 1. The number of ether oxygens (including phenoxy) is 1. The van der Waals surface area contributed by atoms with E-state index in [0.29, 0.717) is 22.8 Å². The Morgan fingerprint density at radius 1 is 1.60 bits per heavy atom. The van der Waals surface area contributed by atoms with Crippen molar-refractivity contribution in [1.29, 1.82) is 5.26 Å². The Morgan fingerprint density at radius 2 is 2.33 bits per heavy atom. The highest BCUT2D eigenvalue weighted by Crippen LogP contribution is 2.25. The summed E-state index contributed by atoms with van der Waals surface area (Å²) in [6.45, 7) is 2.03. The predicted molar refractivity (Wildman–Crippen MR) is 58.0 cm³/mol. The zero-order valence-electron chi connectivity index (χ0n) is 8.40. The van der Waals surface area contributed by atoms with Gasteiger partial charge in [0, 0.05) is 0 Å². The molecule has 0 amide bonds. The monoisotopic (exact) mass is 225 g/mol. The van der Waals surface area contributed by atoms with Crippen molar-refractivity contribution in [3.8, 4) is 11.8 Å². The zero-order valence-corrected chi connectivity index (χ0v) is 9.16. The highest BCUT2D eigenvalue weighted by molar-refractivity contribution is 6.31. The Labute approximate surface area is 93.9 Å². The van der Waals surface area contributed by atoms with Gasteiger partial charge in [0.25, 0.3) is 0 Å². The van der Waals surface area contributed by atoms with Crippen LogP contribution in [0.2, 0.25) is 5.02 Å². The summed E-state index contributed by atoms with van der Waals surface area (Å²) in [5, 5.41) is 18.5. The number of nitrogens with zero attached hydrogens (tertiary/aromatic N) is 1. The average Bonchev–Trinajstić information content (AvgIpc) is 2.25. The van der Waals surface area contributed by atoms with Crippen molar-refractivity contribution in [1.82, 2.24) is 0 Å². The minimum absolute atomic E-state index is 0.172. The van der Waals surface area contributed by atoms with E-state index in [1.807, 2.05) is 13.0 Å². The van der Waals surface area contributed by atoms with Gasteiger partial charge in [-0.2, -0.15) is 5.26 Å². The molecule has 0 saturated carbocycles. The third-order valence-electron chi connectivity index (χ3n) is 1.99. The first-order chi connectivity index (χ1) is 7.19. The average molecular weight is 226 g/mol. The van der Waals surface area contributed by atoms with Crippen LogP contribution in [0.1, 0.15) is 18.9 Å². The van der Waals surface area contributed by atoms with Gasteiger partial charge in [-0.3, -0.25) is 0 Å². The Balaban J connectivity index is 2.77. The highest BCUT2D eigenvalue weighted by Gasteiger charge is 2.09. The van der Waals surface area contributed by atoms with Crippen LogP contribution in [0.3, 0.4) is 0 Å². The molecule has 0 aromatic heterocycles. The number of hydrogen-bond donors (Lipinski definition) is 1. The van der Waals surface area contributed by atoms with Gasteiger partial charge in [-0.25, -0.2) is 0 Å². The first-order valence-electron chi connectivity index (χ1n) is 4.68. The van der Waals surface area contributed by atoms with E-state index in [1.54, 1.807) is 18.2 Å². The SMILES string of the molecule is CCC(O)COc1cccc(Cl)c1C#N. The van der Waals surface area contributed by atoms with Crippen LogP contribution in [0.15, 0.2) is 18.2 Å². The first kappa shape index (κ1) is 11.8. The topological polar surface area (TPSA) is 53.2 Å². The van der Waals surface area contributed by atoms with Crippen LogP contribution in [0, 0.1) is 11.3 Å². The Hall–Kier alpha value is -1.24. The maximum absolute atomic E-state index is 9.31. The lowest BCUT2D eigenvalue weighted by Gasteiger charge is -2.11. The van der Waals surface area contributed by atoms with Crippen molar-refractivity contribution in [2.75, 3.05) is 6.61 Å². The molecule has 0 spiro atoms.